The van der Waals surface area contributed by atoms with Crippen LogP contribution in [0.25, 0.3) is 0 Å². The van der Waals surface area contributed by atoms with Crippen LogP contribution < -0.4 is 0 Å². The highest BCUT2D eigenvalue weighted by Gasteiger charge is 2.30. The van der Waals surface area contributed by atoms with Crippen LogP contribution in [0.4, 0.5) is 0 Å². The van der Waals surface area contributed by atoms with Crippen LogP contribution in [0.15, 0.2) is 12.2 Å². The topological polar surface area (TPSA) is 12.5 Å². The number of ether oxygens (including phenoxy) is 1. The molecule has 0 aromatic heterocycles. The molecular formula is C6H10O. The van der Waals surface area contributed by atoms with Crippen molar-refractivity contribution in [2.24, 2.45) is 0 Å². The maximum absolute atomic E-state index is 5.07. The summed E-state index contributed by atoms with van der Waals surface area (Å²) in [7, 11) is 0. The van der Waals surface area contributed by atoms with Gasteiger partial charge in [0.15, 0.2) is 0 Å². The molecule has 0 amide bonds. The second-order valence-electron chi connectivity index (χ2n) is 1.83. The third-order valence-corrected chi connectivity index (χ3v) is 1.14. The second-order valence-corrected chi connectivity index (χ2v) is 1.83. The first-order valence-electron chi connectivity index (χ1n) is 2.63. The lowest BCUT2D eigenvalue weighted by molar-refractivity contribution is 0.400. The van der Waals surface area contributed by atoms with Crippen molar-refractivity contribution in [1.82, 2.24) is 0 Å². The molecule has 1 rings (SSSR count). The molecule has 0 unspecified atom stereocenters. The molecule has 1 saturated heterocycles. The van der Waals surface area contributed by atoms with Crippen molar-refractivity contribution in [2.75, 3.05) is 0 Å². The Morgan fingerprint density at radius 2 is 2.14 bits per heavy atom. The van der Waals surface area contributed by atoms with Crippen molar-refractivity contribution in [1.29, 1.82) is 0 Å². The van der Waals surface area contributed by atoms with Gasteiger partial charge in [-0.3, -0.25) is 0 Å². The highest BCUT2D eigenvalue weighted by Crippen LogP contribution is 2.21. The number of rotatable bonds is 1. The van der Waals surface area contributed by atoms with Crippen molar-refractivity contribution < 1.29 is 4.74 Å². The predicted octanol–water partition coefficient (Wildman–Crippen LogP) is 1.35. The third-order valence-electron chi connectivity index (χ3n) is 1.14. The average molecular weight is 98.1 g/mol. The average Bonchev–Trinajstić information content (AvgIpc) is 2.22. The zero-order valence-electron chi connectivity index (χ0n) is 4.72. The van der Waals surface area contributed by atoms with E-state index < -0.39 is 0 Å². The maximum atomic E-state index is 5.07. The fourth-order valence-electron chi connectivity index (χ4n) is 0.594. The molecule has 1 heteroatoms. The summed E-state index contributed by atoms with van der Waals surface area (Å²) in [5, 5.41) is 0. The second kappa shape index (κ2) is 1.66. The molecule has 0 aliphatic carbocycles. The third kappa shape index (κ3) is 1.03. The van der Waals surface area contributed by atoms with Gasteiger partial charge in [-0.25, -0.2) is 0 Å². The fraction of sp³-hybridized carbons (Fsp3) is 0.667. The molecule has 1 aliphatic heterocycles. The van der Waals surface area contributed by atoms with Crippen LogP contribution in [-0.4, -0.2) is 12.2 Å². The van der Waals surface area contributed by atoms with Crippen molar-refractivity contribution >= 4 is 0 Å². The van der Waals surface area contributed by atoms with Crippen LogP contribution in [0.2, 0.25) is 0 Å². The highest BCUT2D eigenvalue weighted by molar-refractivity contribution is 4.98. The first-order valence-corrected chi connectivity index (χ1v) is 2.63. The number of hydrogen-bond donors (Lipinski definition) is 0. The summed E-state index contributed by atoms with van der Waals surface area (Å²) >= 11 is 0. The molecule has 0 radical (unpaired) electrons. The minimum Gasteiger partial charge on any atom is -0.365 e. The first kappa shape index (κ1) is 4.85. The SMILES string of the molecule is C/C=C/[C@H]1O[C@@H]1C. The summed E-state index contributed by atoms with van der Waals surface area (Å²) in [4.78, 5) is 0. The Balaban J connectivity index is 2.21. The molecular weight excluding hydrogens is 88.1 g/mol. The van der Waals surface area contributed by atoms with Crippen LogP contribution in [0.5, 0.6) is 0 Å². The van der Waals surface area contributed by atoms with E-state index in [-0.39, 0.29) is 0 Å². The van der Waals surface area contributed by atoms with Crippen LogP contribution in [0.1, 0.15) is 13.8 Å². The largest absolute Gasteiger partial charge is 0.365 e. The van der Waals surface area contributed by atoms with E-state index in [0.717, 1.165) is 0 Å². The Morgan fingerprint density at radius 1 is 1.57 bits per heavy atom. The minimum absolute atomic E-state index is 0.435. The summed E-state index contributed by atoms with van der Waals surface area (Å²) in [6.07, 6.45) is 5.01. The van der Waals surface area contributed by atoms with Gasteiger partial charge in [0.25, 0.3) is 0 Å². The molecule has 2 atom stereocenters. The van der Waals surface area contributed by atoms with Gasteiger partial charge < -0.3 is 4.74 Å². The molecule has 0 N–H and O–H groups in total. The molecule has 40 valence electrons. The van der Waals surface area contributed by atoms with Crippen molar-refractivity contribution in [3.05, 3.63) is 12.2 Å². The molecule has 0 bridgehead atoms. The predicted molar refractivity (Wildman–Crippen MR) is 29.1 cm³/mol. The summed E-state index contributed by atoms with van der Waals surface area (Å²) in [6.45, 7) is 4.08. The Kier molecular flexibility index (Phi) is 1.15. The van der Waals surface area contributed by atoms with Crippen molar-refractivity contribution in [3.63, 3.8) is 0 Å². The standard InChI is InChI=1S/C6H10O/c1-3-4-6-5(2)7-6/h3-6H,1-2H3/b4-3+/t5-,6-/m1/s1. The van der Waals surface area contributed by atoms with E-state index in [9.17, 15) is 0 Å². The Labute approximate surface area is 44.0 Å². The van der Waals surface area contributed by atoms with E-state index >= 15 is 0 Å². The normalized spacial score (nSPS) is 39.7. The molecule has 0 saturated carbocycles. The van der Waals surface area contributed by atoms with Gasteiger partial charge in [-0.05, 0) is 13.8 Å². The lowest BCUT2D eigenvalue weighted by atomic mass is 10.3. The monoisotopic (exact) mass is 98.1 g/mol. The van der Waals surface area contributed by atoms with Gasteiger partial charge in [0, 0.05) is 0 Å². The summed E-state index contributed by atoms with van der Waals surface area (Å²) in [5.74, 6) is 0. The molecule has 0 spiro atoms. The number of allylic oxidation sites excluding steroid dienone is 1. The Bertz CT molecular complexity index is 86.2. The lowest BCUT2D eigenvalue weighted by Crippen LogP contribution is -1.78. The maximum Gasteiger partial charge on any atom is 0.102 e. The van der Waals surface area contributed by atoms with Crippen LogP contribution in [0.3, 0.4) is 0 Å². The van der Waals surface area contributed by atoms with Gasteiger partial charge >= 0.3 is 0 Å². The summed E-state index contributed by atoms with van der Waals surface area (Å²) in [5.41, 5.74) is 0. The van der Waals surface area contributed by atoms with E-state index in [1.807, 2.05) is 13.0 Å². The van der Waals surface area contributed by atoms with E-state index in [1.165, 1.54) is 0 Å². The van der Waals surface area contributed by atoms with Crippen LogP contribution in [-0.2, 0) is 4.74 Å². The summed E-state index contributed by atoms with van der Waals surface area (Å²) < 4.78 is 5.07. The van der Waals surface area contributed by atoms with Gasteiger partial charge in [0.1, 0.15) is 6.10 Å². The van der Waals surface area contributed by atoms with Crippen molar-refractivity contribution in [2.45, 2.75) is 26.1 Å². The van der Waals surface area contributed by atoms with E-state index in [0.29, 0.717) is 12.2 Å². The molecule has 7 heavy (non-hydrogen) atoms. The van der Waals surface area contributed by atoms with Crippen molar-refractivity contribution in [3.8, 4) is 0 Å². The number of hydrogen-bond acceptors (Lipinski definition) is 1. The van der Waals surface area contributed by atoms with Crippen LogP contribution >= 0.6 is 0 Å². The lowest BCUT2D eigenvalue weighted by Gasteiger charge is -1.69. The Morgan fingerprint density at radius 3 is 2.29 bits per heavy atom. The zero-order valence-corrected chi connectivity index (χ0v) is 4.72. The van der Waals surface area contributed by atoms with Gasteiger partial charge in [0.2, 0.25) is 0 Å². The van der Waals surface area contributed by atoms with E-state index in [4.69, 9.17) is 4.74 Å². The number of epoxide rings is 1. The molecule has 1 aliphatic rings. The molecule has 1 fully saturated rings. The van der Waals surface area contributed by atoms with Gasteiger partial charge in [-0.2, -0.15) is 0 Å². The summed E-state index contributed by atoms with van der Waals surface area (Å²) in [6, 6.07) is 0. The molecule has 1 heterocycles. The zero-order chi connectivity index (χ0) is 5.28. The van der Waals surface area contributed by atoms with E-state index in [1.54, 1.807) is 0 Å². The quantitative estimate of drug-likeness (QED) is 0.356. The molecule has 0 aromatic rings. The smallest absolute Gasteiger partial charge is 0.102 e. The molecule has 1 nitrogen and oxygen atoms in total. The van der Waals surface area contributed by atoms with Gasteiger partial charge in [-0.15, -0.1) is 0 Å². The van der Waals surface area contributed by atoms with Gasteiger partial charge in [0.05, 0.1) is 6.10 Å². The first-order chi connectivity index (χ1) is 3.34. The van der Waals surface area contributed by atoms with E-state index in [2.05, 4.69) is 13.0 Å². The molecule has 0 aromatic carbocycles. The highest BCUT2D eigenvalue weighted by atomic mass is 16.6. The van der Waals surface area contributed by atoms with Gasteiger partial charge in [-0.1, -0.05) is 12.2 Å². The minimum atomic E-state index is 0.435. The van der Waals surface area contributed by atoms with Crippen LogP contribution in [0, 0.1) is 0 Å². The fourth-order valence-corrected chi connectivity index (χ4v) is 0.594. The Hall–Kier alpha value is -0.300.